The molecule has 0 unspecified atom stereocenters. The van der Waals surface area contributed by atoms with Gasteiger partial charge in [0, 0.05) is 55.8 Å². The van der Waals surface area contributed by atoms with Gasteiger partial charge >= 0.3 is 0 Å². The van der Waals surface area contributed by atoms with Crippen molar-refractivity contribution in [1.82, 2.24) is 0 Å². The summed E-state index contributed by atoms with van der Waals surface area (Å²) in [7, 11) is 0. The lowest BCUT2D eigenvalue weighted by Crippen LogP contribution is -2.48. The molecule has 7 aromatic carbocycles. The molecule has 2 aliphatic rings. The van der Waals surface area contributed by atoms with Gasteiger partial charge in [0.05, 0.1) is 11.1 Å². The topological polar surface area (TPSA) is 6.48 Å². The minimum Gasteiger partial charge on any atom is -0.335 e. The fraction of sp³-hybridized carbons (Fsp3) is 0.240. The van der Waals surface area contributed by atoms with Crippen LogP contribution in [0.4, 0.5) is 66.7 Å². The van der Waals surface area contributed by atoms with Crippen molar-refractivity contribution in [3.8, 4) is 22.3 Å². The average Bonchev–Trinajstić information content (AvgIpc) is 3.51. The first-order valence-electron chi connectivity index (χ1n) is 19.9. The lowest BCUT2D eigenvalue weighted by molar-refractivity contribution is 0.330. The van der Waals surface area contributed by atoms with E-state index in [1.165, 1.54) is 36.4 Å². The second-order valence-corrected chi connectivity index (χ2v) is 18.2. The van der Waals surface area contributed by atoms with Crippen LogP contribution in [0.5, 0.6) is 0 Å². The van der Waals surface area contributed by atoms with Gasteiger partial charge in [-0.2, -0.15) is 0 Å². The van der Waals surface area contributed by atoms with Crippen molar-refractivity contribution >= 4 is 44.3 Å². The Bertz CT molecular complexity index is 2850. The second kappa shape index (κ2) is 13.2. The zero-order valence-electron chi connectivity index (χ0n) is 34.8. The maximum Gasteiger partial charge on any atom is 0.200 e. The molecule has 0 radical (unpaired) electrons. The van der Waals surface area contributed by atoms with Crippen LogP contribution in [0, 0.1) is 58.2 Å². The molecule has 0 bridgehead atoms. The largest absolute Gasteiger partial charge is 0.335 e. The van der Waals surface area contributed by atoms with Crippen molar-refractivity contribution in [2.75, 3.05) is 9.80 Å². The van der Waals surface area contributed by atoms with Gasteiger partial charge in [-0.25, -0.2) is 43.9 Å². The van der Waals surface area contributed by atoms with E-state index in [2.05, 4.69) is 0 Å². The normalized spacial score (nSPS) is 17.0. The van der Waals surface area contributed by atoms with E-state index in [0.29, 0.717) is 11.4 Å². The lowest BCUT2D eigenvalue weighted by atomic mass is 9.72. The van der Waals surface area contributed by atoms with Crippen molar-refractivity contribution < 1.29 is 43.9 Å². The lowest BCUT2D eigenvalue weighted by Gasteiger charge is -2.43. The molecule has 2 nitrogen and oxygen atoms in total. The summed E-state index contributed by atoms with van der Waals surface area (Å²) >= 11 is 0. The van der Waals surface area contributed by atoms with Crippen LogP contribution in [0.2, 0.25) is 0 Å². The maximum absolute atomic E-state index is 16.3. The minimum atomic E-state index is -2.41. The fourth-order valence-corrected chi connectivity index (χ4v) is 9.81. The molecule has 2 heterocycles. The number of hydrogen-bond donors (Lipinski definition) is 0. The number of rotatable bonds is 4. The molecule has 0 fully saturated rings. The number of nitrogens with zero attached hydrogens (tertiary/aromatic N) is 2. The number of benzene rings is 7. The Balaban J connectivity index is 1.50. The second-order valence-electron chi connectivity index (χ2n) is 18.2. The van der Waals surface area contributed by atoms with Crippen LogP contribution in [0.1, 0.15) is 66.5 Å². The zero-order valence-corrected chi connectivity index (χ0v) is 34.8. The van der Waals surface area contributed by atoms with Gasteiger partial charge in [-0.05, 0) is 96.8 Å². The maximum atomic E-state index is 16.3. The average molecular weight is 857 g/mol. The quantitative estimate of drug-likeness (QED) is 0.0753. The Morgan fingerprint density at radius 1 is 0.323 bits per heavy atom. The molecule has 12 heteroatoms. The van der Waals surface area contributed by atoms with Crippen LogP contribution in [0.15, 0.2) is 84.9 Å². The molecule has 318 valence electrons. The molecular formula is C50H38F10N2. The molecule has 0 aromatic heterocycles. The molecular weight excluding hydrogens is 819 g/mol. The van der Waals surface area contributed by atoms with Crippen LogP contribution < -0.4 is 9.80 Å². The number of hydrogen-bond acceptors (Lipinski definition) is 2. The molecule has 0 saturated carbocycles. The molecule has 0 spiro atoms. The van der Waals surface area contributed by atoms with E-state index < -0.39 is 102 Å². The first-order valence-corrected chi connectivity index (χ1v) is 19.9. The van der Waals surface area contributed by atoms with Crippen molar-refractivity contribution in [2.45, 2.75) is 77.3 Å². The number of anilines is 4. The highest BCUT2D eigenvalue weighted by molar-refractivity contribution is 6.23. The Kier molecular flexibility index (Phi) is 8.82. The highest BCUT2D eigenvalue weighted by Gasteiger charge is 2.52. The Labute approximate surface area is 351 Å². The van der Waals surface area contributed by atoms with Gasteiger partial charge in [-0.1, -0.05) is 76.2 Å². The van der Waals surface area contributed by atoms with Crippen LogP contribution in [-0.4, -0.2) is 11.1 Å². The molecule has 0 N–H and O–H groups in total. The SMILES string of the molecule is CC1(C)c2ccccc2N(c2ccc3c(-c4c(F)c(F)c(F)c(F)c4F)c4cc(N5c6ccccc6C(C)(C)C5(C)C)ccc4c(-c4c(F)c(F)c(F)c(F)c4F)c3c2)C1(C)C. The summed E-state index contributed by atoms with van der Waals surface area (Å²) in [6.07, 6.45) is 0. The highest BCUT2D eigenvalue weighted by atomic mass is 19.2. The van der Waals surface area contributed by atoms with Gasteiger partial charge < -0.3 is 9.80 Å². The zero-order chi connectivity index (χ0) is 44.9. The predicted octanol–water partition coefficient (Wildman–Crippen LogP) is 15.1. The van der Waals surface area contributed by atoms with Crippen molar-refractivity contribution in [2.24, 2.45) is 0 Å². The summed E-state index contributed by atoms with van der Waals surface area (Å²) in [5, 5.41) is -1.19. The summed E-state index contributed by atoms with van der Waals surface area (Å²) in [4.78, 5) is 3.84. The van der Waals surface area contributed by atoms with E-state index in [-0.39, 0.29) is 21.5 Å². The van der Waals surface area contributed by atoms with Crippen molar-refractivity contribution in [1.29, 1.82) is 0 Å². The van der Waals surface area contributed by atoms with Gasteiger partial charge in [-0.15, -0.1) is 0 Å². The summed E-state index contributed by atoms with van der Waals surface area (Å²) in [6, 6.07) is 23.3. The first kappa shape index (κ1) is 41.3. The van der Waals surface area contributed by atoms with Gasteiger partial charge in [-0.3, -0.25) is 0 Å². The van der Waals surface area contributed by atoms with E-state index in [0.717, 1.165) is 22.5 Å². The van der Waals surface area contributed by atoms with E-state index in [9.17, 15) is 8.78 Å². The molecule has 0 amide bonds. The van der Waals surface area contributed by atoms with Crippen LogP contribution in [0.25, 0.3) is 43.8 Å². The summed E-state index contributed by atoms with van der Waals surface area (Å²) in [5.74, 6) is -22.5. The summed E-state index contributed by atoms with van der Waals surface area (Å²) < 4.78 is 156. The monoisotopic (exact) mass is 856 g/mol. The highest BCUT2D eigenvalue weighted by Crippen LogP contribution is 2.58. The van der Waals surface area contributed by atoms with E-state index in [1.54, 1.807) is 12.1 Å². The number of para-hydroxylation sites is 2. The van der Waals surface area contributed by atoms with Gasteiger partial charge in [0.2, 0.25) is 11.6 Å². The van der Waals surface area contributed by atoms with Crippen molar-refractivity contribution in [3.63, 3.8) is 0 Å². The Morgan fingerprint density at radius 2 is 0.613 bits per heavy atom. The Morgan fingerprint density at radius 3 is 0.935 bits per heavy atom. The number of fused-ring (bicyclic) bond motifs is 4. The predicted molar refractivity (Wildman–Crippen MR) is 223 cm³/mol. The minimum absolute atomic E-state index is 0.295. The third-order valence-corrected chi connectivity index (χ3v) is 14.3. The van der Waals surface area contributed by atoms with Gasteiger partial charge in [0.15, 0.2) is 46.5 Å². The van der Waals surface area contributed by atoms with E-state index in [1.807, 2.05) is 102 Å². The molecule has 62 heavy (non-hydrogen) atoms. The molecule has 7 aromatic rings. The van der Waals surface area contributed by atoms with E-state index >= 15 is 35.1 Å². The fourth-order valence-electron chi connectivity index (χ4n) is 9.81. The molecule has 0 atom stereocenters. The summed E-state index contributed by atoms with van der Waals surface area (Å²) in [6.45, 7) is 15.9. The van der Waals surface area contributed by atoms with E-state index in [4.69, 9.17) is 0 Å². The third kappa shape index (κ3) is 5.12. The van der Waals surface area contributed by atoms with Crippen LogP contribution in [0.3, 0.4) is 0 Å². The first-order chi connectivity index (χ1) is 29.0. The standard InChI is InChI=1S/C50H38F10N2/c1-47(2)29-13-9-11-15-31(29)61(49(47,5)6)23-17-19-25-27(21-23)33(35-37(51)41(55)45(59)42(56)38(35)52)26-20-18-24(62-32-16-12-10-14-30(32)48(3,4)50(62,7)8)22-28(26)34(25)36-39(53)43(57)46(60)44(58)40(36)54/h9-22H,1-8H3. The smallest absolute Gasteiger partial charge is 0.200 e. The molecule has 9 rings (SSSR count). The molecule has 0 saturated heterocycles. The van der Waals surface area contributed by atoms with Crippen LogP contribution >= 0.6 is 0 Å². The molecule has 2 aliphatic heterocycles. The van der Waals surface area contributed by atoms with Crippen molar-refractivity contribution in [3.05, 3.63) is 154 Å². The van der Waals surface area contributed by atoms with Gasteiger partial charge in [0.1, 0.15) is 0 Å². The van der Waals surface area contributed by atoms with Gasteiger partial charge in [0.25, 0.3) is 0 Å². The molecule has 0 aliphatic carbocycles. The van der Waals surface area contributed by atoms with Crippen LogP contribution in [-0.2, 0) is 10.8 Å². The summed E-state index contributed by atoms with van der Waals surface area (Å²) in [5.41, 5.74) is -2.44. The third-order valence-electron chi connectivity index (χ3n) is 14.3. The Hall–Kier alpha value is -6.04. The number of halogens is 10.